The van der Waals surface area contributed by atoms with E-state index in [1.165, 1.54) is 37.7 Å². The van der Waals surface area contributed by atoms with Crippen molar-refractivity contribution in [2.75, 3.05) is 19.5 Å². The smallest absolute Gasteiger partial charge is 0.490 e. The first-order valence-corrected chi connectivity index (χ1v) is 8.14. The van der Waals surface area contributed by atoms with E-state index < -0.39 is 16.9 Å². The van der Waals surface area contributed by atoms with Crippen molar-refractivity contribution >= 4 is 34.3 Å². The van der Waals surface area contributed by atoms with Gasteiger partial charge >= 0.3 is 11.8 Å². The number of aromatic nitrogens is 2. The molecule has 0 amide bonds. The summed E-state index contributed by atoms with van der Waals surface area (Å²) in [6, 6.07) is 5.07. The van der Waals surface area contributed by atoms with E-state index in [4.69, 9.17) is 9.47 Å². The van der Waals surface area contributed by atoms with Gasteiger partial charge in [-0.1, -0.05) is 0 Å². The molecule has 10 nitrogen and oxygen atoms in total. The number of hydrogen-bond donors (Lipinski definition) is 1. The van der Waals surface area contributed by atoms with Gasteiger partial charge in [0.2, 0.25) is 0 Å². The molecule has 0 spiro atoms. The maximum atomic E-state index is 14.5. The molecule has 150 valence electrons. The molecule has 0 unspecified atom stereocenters. The van der Waals surface area contributed by atoms with E-state index in [9.17, 15) is 19.3 Å². The number of hydrogen-bond acceptors (Lipinski definition) is 9. The van der Waals surface area contributed by atoms with Crippen LogP contribution in [0.4, 0.5) is 26.4 Å². The van der Waals surface area contributed by atoms with Crippen LogP contribution in [0, 0.1) is 22.9 Å². The summed E-state index contributed by atoms with van der Waals surface area (Å²) in [5.74, 6) is -0.359. The van der Waals surface area contributed by atoms with E-state index in [2.05, 4.69) is 20.0 Å². The quantitative estimate of drug-likeness (QED) is 0.293. The Kier molecular flexibility index (Phi) is 5.39. The number of carbonyl (C=O) groups excluding carboxylic acids is 1. The predicted octanol–water partition coefficient (Wildman–Crippen LogP) is 3.88. The lowest BCUT2D eigenvalue weighted by Gasteiger charge is -2.13. The van der Waals surface area contributed by atoms with Gasteiger partial charge in [0.15, 0.2) is 5.75 Å². The molecule has 29 heavy (non-hydrogen) atoms. The number of nitro benzene ring substituents is 1. The van der Waals surface area contributed by atoms with Gasteiger partial charge in [-0.15, -0.1) is 0 Å². The first-order valence-electron chi connectivity index (χ1n) is 8.14. The molecule has 0 aliphatic rings. The van der Waals surface area contributed by atoms with Crippen LogP contribution in [0.25, 0.3) is 10.9 Å². The number of anilines is 2. The van der Waals surface area contributed by atoms with Crippen molar-refractivity contribution in [3.8, 4) is 11.5 Å². The number of nitrogens with zero attached hydrogens (tertiary/aromatic N) is 3. The van der Waals surface area contributed by atoms with Crippen LogP contribution in [0.5, 0.6) is 11.5 Å². The number of nitrogens with one attached hydrogen (secondary N) is 1. The van der Waals surface area contributed by atoms with Crippen molar-refractivity contribution in [1.29, 1.82) is 0 Å². The first kappa shape index (κ1) is 19.7. The fourth-order valence-electron chi connectivity index (χ4n) is 2.60. The Bertz CT molecular complexity index is 1120. The Morgan fingerprint density at radius 3 is 2.59 bits per heavy atom. The Hall–Kier alpha value is -4.02. The van der Waals surface area contributed by atoms with Crippen LogP contribution in [-0.4, -0.2) is 35.3 Å². The van der Waals surface area contributed by atoms with Crippen molar-refractivity contribution in [2.24, 2.45) is 0 Å². The van der Waals surface area contributed by atoms with Crippen LogP contribution in [0.2, 0.25) is 0 Å². The zero-order chi connectivity index (χ0) is 21.1. The molecule has 0 atom stereocenters. The SMILES string of the molecule is COC(=O)Oc1cc(Nc2ncnc3cc([N+](=O)[O-])c(OC)cc23)c(F)cc1C. The highest BCUT2D eigenvalue weighted by Crippen LogP contribution is 2.35. The van der Waals surface area contributed by atoms with E-state index in [1.54, 1.807) is 6.92 Å². The molecule has 1 N–H and O–H groups in total. The Labute approximate surface area is 163 Å². The van der Waals surface area contributed by atoms with Gasteiger partial charge in [0.25, 0.3) is 0 Å². The zero-order valence-electron chi connectivity index (χ0n) is 15.6. The number of benzene rings is 2. The van der Waals surface area contributed by atoms with Crippen LogP contribution in [0.3, 0.4) is 0 Å². The molecule has 3 aromatic rings. The number of ether oxygens (including phenoxy) is 3. The number of fused-ring (bicyclic) bond motifs is 1. The van der Waals surface area contributed by atoms with E-state index in [1.807, 2.05) is 0 Å². The molecule has 11 heteroatoms. The van der Waals surface area contributed by atoms with Crippen molar-refractivity contribution in [3.05, 3.63) is 52.1 Å². The second kappa shape index (κ2) is 7.92. The molecular formula is C18H15FN4O6. The van der Waals surface area contributed by atoms with Crippen molar-refractivity contribution in [1.82, 2.24) is 9.97 Å². The zero-order valence-corrected chi connectivity index (χ0v) is 15.6. The number of methoxy groups -OCH3 is 2. The van der Waals surface area contributed by atoms with Crippen LogP contribution < -0.4 is 14.8 Å². The molecule has 0 radical (unpaired) electrons. The molecule has 1 aromatic heterocycles. The first-order chi connectivity index (χ1) is 13.8. The van der Waals surface area contributed by atoms with E-state index in [0.717, 1.165) is 7.11 Å². The second-order valence-electron chi connectivity index (χ2n) is 5.80. The van der Waals surface area contributed by atoms with Crippen molar-refractivity contribution < 1.29 is 28.3 Å². The van der Waals surface area contributed by atoms with Crippen LogP contribution >= 0.6 is 0 Å². The Morgan fingerprint density at radius 1 is 1.17 bits per heavy atom. The van der Waals surface area contributed by atoms with E-state index in [0.29, 0.717) is 10.9 Å². The predicted molar refractivity (Wildman–Crippen MR) is 100 cm³/mol. The van der Waals surface area contributed by atoms with Gasteiger partial charge in [-0.3, -0.25) is 10.1 Å². The minimum absolute atomic E-state index is 0.000517. The normalized spacial score (nSPS) is 10.5. The average molecular weight is 402 g/mol. The minimum atomic E-state index is -0.949. The number of carbonyl (C=O) groups is 1. The number of nitro groups is 1. The molecule has 0 saturated carbocycles. The lowest BCUT2D eigenvalue weighted by Crippen LogP contribution is -2.09. The van der Waals surface area contributed by atoms with E-state index in [-0.39, 0.29) is 34.2 Å². The molecule has 3 rings (SSSR count). The van der Waals surface area contributed by atoms with Gasteiger partial charge < -0.3 is 19.5 Å². The fourth-order valence-corrected chi connectivity index (χ4v) is 2.60. The van der Waals surface area contributed by atoms with Gasteiger partial charge in [-0.25, -0.2) is 19.2 Å². The highest BCUT2D eigenvalue weighted by molar-refractivity contribution is 5.93. The van der Waals surface area contributed by atoms with Crippen molar-refractivity contribution in [2.45, 2.75) is 6.92 Å². The maximum absolute atomic E-state index is 14.5. The van der Waals surface area contributed by atoms with Crippen LogP contribution in [-0.2, 0) is 4.74 Å². The highest BCUT2D eigenvalue weighted by atomic mass is 19.1. The van der Waals surface area contributed by atoms with Gasteiger partial charge in [-0.05, 0) is 18.6 Å². The summed E-state index contributed by atoms with van der Waals surface area (Å²) >= 11 is 0. The minimum Gasteiger partial charge on any atom is -0.490 e. The Balaban J connectivity index is 2.07. The number of rotatable bonds is 5. The largest absolute Gasteiger partial charge is 0.513 e. The third-order valence-corrected chi connectivity index (χ3v) is 4.01. The molecule has 0 fully saturated rings. The molecule has 0 saturated heterocycles. The van der Waals surface area contributed by atoms with Gasteiger partial charge in [0.1, 0.15) is 23.7 Å². The van der Waals surface area contributed by atoms with Crippen molar-refractivity contribution in [3.63, 3.8) is 0 Å². The average Bonchev–Trinajstić information content (AvgIpc) is 2.70. The Morgan fingerprint density at radius 2 is 1.93 bits per heavy atom. The summed E-state index contributed by atoms with van der Waals surface area (Å²) in [5, 5.41) is 14.3. The van der Waals surface area contributed by atoms with Gasteiger partial charge in [0.05, 0.1) is 30.3 Å². The summed E-state index contributed by atoms with van der Waals surface area (Å²) in [7, 11) is 2.45. The lowest BCUT2D eigenvalue weighted by atomic mass is 10.1. The second-order valence-corrected chi connectivity index (χ2v) is 5.80. The maximum Gasteiger partial charge on any atom is 0.513 e. The van der Waals surface area contributed by atoms with Gasteiger partial charge in [0, 0.05) is 23.6 Å². The molecular weight excluding hydrogens is 387 g/mol. The van der Waals surface area contributed by atoms with Gasteiger partial charge in [-0.2, -0.15) is 0 Å². The third kappa shape index (κ3) is 3.98. The summed E-state index contributed by atoms with van der Waals surface area (Å²) in [4.78, 5) is 30.1. The highest BCUT2D eigenvalue weighted by Gasteiger charge is 2.19. The number of halogens is 1. The monoisotopic (exact) mass is 402 g/mol. The fraction of sp³-hybridized carbons (Fsp3) is 0.167. The molecule has 0 bridgehead atoms. The third-order valence-electron chi connectivity index (χ3n) is 4.01. The van der Waals surface area contributed by atoms with Crippen LogP contribution in [0.1, 0.15) is 5.56 Å². The standard InChI is InChI=1S/C18H15FN4O6/c1-9-4-11(19)13(7-15(9)29-18(24)28-3)22-17-10-5-16(27-2)14(23(25)26)6-12(10)20-8-21-17/h4-8H,1-3H3,(H,20,21,22). The summed E-state index contributed by atoms with van der Waals surface area (Å²) in [6.45, 7) is 1.56. The molecule has 0 aliphatic heterocycles. The molecule has 2 aromatic carbocycles. The summed E-state index contributed by atoms with van der Waals surface area (Å²) < 4.78 is 29.0. The van der Waals surface area contributed by atoms with Crippen LogP contribution in [0.15, 0.2) is 30.6 Å². The molecule has 1 heterocycles. The topological polar surface area (TPSA) is 126 Å². The molecule has 0 aliphatic carbocycles. The number of aryl methyl sites for hydroxylation is 1. The summed E-state index contributed by atoms with van der Waals surface area (Å²) in [6.07, 6.45) is 0.230. The summed E-state index contributed by atoms with van der Waals surface area (Å²) in [5.41, 5.74) is 0.337. The lowest BCUT2D eigenvalue weighted by molar-refractivity contribution is -0.385. The van der Waals surface area contributed by atoms with E-state index >= 15 is 0 Å².